The van der Waals surface area contributed by atoms with E-state index < -0.39 is 0 Å². The predicted octanol–water partition coefficient (Wildman–Crippen LogP) is 1.37. The summed E-state index contributed by atoms with van der Waals surface area (Å²) in [6.07, 6.45) is 3.05. The molecule has 2 rings (SSSR count). The van der Waals surface area contributed by atoms with Crippen LogP contribution in [0.5, 0.6) is 0 Å². The highest BCUT2D eigenvalue weighted by Crippen LogP contribution is 2.09. The van der Waals surface area contributed by atoms with Crippen molar-refractivity contribution in [3.05, 3.63) is 30.1 Å². The van der Waals surface area contributed by atoms with Crippen LogP contribution in [0.15, 0.2) is 29.6 Å². The minimum Gasteiger partial charge on any atom is -0.411 e. The smallest absolute Gasteiger partial charge is 0.0897 e. The van der Waals surface area contributed by atoms with Crippen LogP contribution in [-0.4, -0.2) is 21.4 Å². The van der Waals surface area contributed by atoms with Gasteiger partial charge in [0, 0.05) is 6.20 Å². The van der Waals surface area contributed by atoms with Gasteiger partial charge >= 0.3 is 0 Å². The van der Waals surface area contributed by atoms with Crippen LogP contribution in [-0.2, 0) is 0 Å². The van der Waals surface area contributed by atoms with E-state index in [1.807, 2.05) is 18.2 Å². The number of hydrogen-bond donors (Lipinski definition) is 2. The van der Waals surface area contributed by atoms with Gasteiger partial charge in [0.15, 0.2) is 0 Å². The molecule has 0 aliphatic carbocycles. The molecule has 0 aromatic carbocycles. The summed E-state index contributed by atoms with van der Waals surface area (Å²) in [7, 11) is 0. The monoisotopic (exact) mass is 161 g/mol. The first-order chi connectivity index (χ1) is 5.90. The molecule has 0 amide bonds. The molecule has 12 heavy (non-hydrogen) atoms. The van der Waals surface area contributed by atoms with Crippen LogP contribution in [0.1, 0.15) is 5.69 Å². The summed E-state index contributed by atoms with van der Waals surface area (Å²) >= 11 is 0. The van der Waals surface area contributed by atoms with Crippen molar-refractivity contribution < 1.29 is 5.21 Å². The molecule has 0 radical (unpaired) electrons. The van der Waals surface area contributed by atoms with Crippen molar-refractivity contribution in [1.29, 1.82) is 0 Å². The summed E-state index contributed by atoms with van der Waals surface area (Å²) < 4.78 is 0. The summed E-state index contributed by atoms with van der Waals surface area (Å²) in [5.74, 6) is 0. The number of aromatic nitrogens is 2. The summed E-state index contributed by atoms with van der Waals surface area (Å²) in [4.78, 5) is 7.13. The molecule has 60 valence electrons. The highest BCUT2D eigenvalue weighted by molar-refractivity contribution is 5.86. The maximum atomic E-state index is 8.27. The van der Waals surface area contributed by atoms with Crippen molar-refractivity contribution in [3.8, 4) is 0 Å². The van der Waals surface area contributed by atoms with E-state index >= 15 is 0 Å². The second kappa shape index (κ2) is 2.65. The lowest BCUT2D eigenvalue weighted by Gasteiger charge is -1.83. The zero-order valence-electron chi connectivity index (χ0n) is 6.23. The molecule has 0 aliphatic heterocycles. The molecule has 2 N–H and O–H groups in total. The molecule has 0 fully saturated rings. The lowest BCUT2D eigenvalue weighted by Crippen LogP contribution is -1.77. The summed E-state index contributed by atoms with van der Waals surface area (Å²) in [5.41, 5.74) is 2.55. The van der Waals surface area contributed by atoms with Crippen LogP contribution in [0.4, 0.5) is 0 Å². The first kappa shape index (κ1) is 6.84. The quantitative estimate of drug-likeness (QED) is 0.377. The number of fused-ring (bicyclic) bond motifs is 1. The third-order valence-corrected chi connectivity index (χ3v) is 1.61. The molecular formula is C8H7N3O. The van der Waals surface area contributed by atoms with Crippen molar-refractivity contribution in [2.45, 2.75) is 0 Å². The normalized spacial score (nSPS) is 11.3. The number of pyridine rings is 1. The summed E-state index contributed by atoms with van der Waals surface area (Å²) in [5, 5.41) is 11.2. The SMILES string of the molecule is ON=Cc1cc2ncccc2[nH]1. The Hall–Kier alpha value is -1.84. The average molecular weight is 161 g/mol. The number of H-pyrrole nitrogens is 1. The van der Waals surface area contributed by atoms with Crippen LogP contribution in [0.25, 0.3) is 11.0 Å². The van der Waals surface area contributed by atoms with Crippen LogP contribution in [0, 0.1) is 0 Å². The van der Waals surface area contributed by atoms with Gasteiger partial charge in [-0.1, -0.05) is 5.16 Å². The van der Waals surface area contributed by atoms with Crippen molar-refractivity contribution >= 4 is 17.2 Å². The lowest BCUT2D eigenvalue weighted by molar-refractivity contribution is 0.321. The molecule has 0 aliphatic rings. The molecule has 0 atom stereocenters. The molecule has 4 heteroatoms. The predicted molar refractivity (Wildman–Crippen MR) is 45.5 cm³/mol. The van der Waals surface area contributed by atoms with Crippen LogP contribution in [0.2, 0.25) is 0 Å². The molecule has 0 saturated heterocycles. The molecule has 0 bridgehead atoms. The van der Waals surface area contributed by atoms with Gasteiger partial charge in [-0.25, -0.2) is 0 Å². The van der Waals surface area contributed by atoms with Gasteiger partial charge in [0.05, 0.1) is 22.9 Å². The van der Waals surface area contributed by atoms with Gasteiger partial charge in [0.25, 0.3) is 0 Å². The van der Waals surface area contributed by atoms with Crippen molar-refractivity contribution in [3.63, 3.8) is 0 Å². The van der Waals surface area contributed by atoms with E-state index in [1.54, 1.807) is 6.20 Å². The van der Waals surface area contributed by atoms with Gasteiger partial charge in [-0.3, -0.25) is 4.98 Å². The van der Waals surface area contributed by atoms with Crippen LogP contribution in [0.3, 0.4) is 0 Å². The third-order valence-electron chi connectivity index (χ3n) is 1.61. The number of nitrogens with zero attached hydrogens (tertiary/aromatic N) is 2. The maximum absolute atomic E-state index is 8.27. The molecule has 0 saturated carbocycles. The third kappa shape index (κ3) is 1.03. The van der Waals surface area contributed by atoms with Crippen LogP contribution >= 0.6 is 0 Å². The van der Waals surface area contributed by atoms with E-state index in [1.165, 1.54) is 6.21 Å². The largest absolute Gasteiger partial charge is 0.411 e. The summed E-state index contributed by atoms with van der Waals surface area (Å²) in [6, 6.07) is 5.57. The van der Waals surface area contributed by atoms with E-state index in [0.717, 1.165) is 16.7 Å². The van der Waals surface area contributed by atoms with E-state index in [-0.39, 0.29) is 0 Å². The Bertz CT molecular complexity index is 386. The van der Waals surface area contributed by atoms with Gasteiger partial charge in [-0.05, 0) is 18.2 Å². The maximum Gasteiger partial charge on any atom is 0.0897 e. The Kier molecular flexibility index (Phi) is 1.51. The highest BCUT2D eigenvalue weighted by atomic mass is 16.4. The Balaban J connectivity index is 2.62. The minimum absolute atomic E-state index is 0.742. The van der Waals surface area contributed by atoms with Crippen molar-refractivity contribution in [2.75, 3.05) is 0 Å². The van der Waals surface area contributed by atoms with E-state index in [4.69, 9.17) is 5.21 Å². The van der Waals surface area contributed by atoms with Gasteiger partial charge in [-0.2, -0.15) is 0 Å². The fraction of sp³-hybridized carbons (Fsp3) is 0. The molecule has 4 nitrogen and oxygen atoms in total. The number of aromatic amines is 1. The first-order valence-electron chi connectivity index (χ1n) is 3.51. The molecule has 2 heterocycles. The second-order valence-corrected chi connectivity index (χ2v) is 2.41. The Morgan fingerprint density at radius 1 is 1.58 bits per heavy atom. The highest BCUT2D eigenvalue weighted by Gasteiger charge is 1.97. The molecule has 0 unspecified atom stereocenters. The Labute approximate surface area is 68.6 Å². The zero-order valence-corrected chi connectivity index (χ0v) is 6.23. The van der Waals surface area contributed by atoms with E-state index in [0.29, 0.717) is 0 Å². The van der Waals surface area contributed by atoms with E-state index in [9.17, 15) is 0 Å². The first-order valence-corrected chi connectivity index (χ1v) is 3.51. The lowest BCUT2D eigenvalue weighted by atomic mass is 10.4. The zero-order chi connectivity index (χ0) is 8.39. The standard InChI is InChI=1S/C8H7N3O/c12-10-5-6-4-8-7(11-6)2-1-3-9-8/h1-5,11-12H. The number of nitrogens with one attached hydrogen (secondary N) is 1. The topological polar surface area (TPSA) is 61.3 Å². The van der Waals surface area contributed by atoms with E-state index in [2.05, 4.69) is 15.1 Å². The summed E-state index contributed by atoms with van der Waals surface area (Å²) in [6.45, 7) is 0. The van der Waals surface area contributed by atoms with Crippen molar-refractivity contribution in [1.82, 2.24) is 9.97 Å². The number of rotatable bonds is 1. The fourth-order valence-electron chi connectivity index (χ4n) is 1.11. The van der Waals surface area contributed by atoms with Gasteiger partial charge < -0.3 is 10.2 Å². The average Bonchev–Trinajstić information content (AvgIpc) is 2.47. The van der Waals surface area contributed by atoms with Crippen LogP contribution < -0.4 is 0 Å². The Morgan fingerprint density at radius 3 is 3.25 bits per heavy atom. The Morgan fingerprint density at radius 2 is 2.50 bits per heavy atom. The molecule has 0 spiro atoms. The van der Waals surface area contributed by atoms with Crippen molar-refractivity contribution in [2.24, 2.45) is 5.16 Å². The minimum atomic E-state index is 0.742. The fourth-order valence-corrected chi connectivity index (χ4v) is 1.11. The number of hydrogen-bond acceptors (Lipinski definition) is 3. The van der Waals surface area contributed by atoms with Gasteiger partial charge in [-0.15, -0.1) is 0 Å². The van der Waals surface area contributed by atoms with Gasteiger partial charge in [0.1, 0.15) is 0 Å². The second-order valence-electron chi connectivity index (χ2n) is 2.41. The molecular weight excluding hydrogens is 154 g/mol. The molecule has 2 aromatic rings. The molecule has 2 aromatic heterocycles. The number of oxime groups is 1. The van der Waals surface area contributed by atoms with Gasteiger partial charge in [0.2, 0.25) is 0 Å².